The first-order valence-corrected chi connectivity index (χ1v) is 7.04. The first-order chi connectivity index (χ1) is 10.6. The molecule has 0 spiro atoms. The second-order valence-electron chi connectivity index (χ2n) is 5.44. The lowest BCUT2D eigenvalue weighted by Gasteiger charge is -2.23. The molecule has 1 aromatic rings. The maximum Gasteiger partial charge on any atom is 0.200 e. The van der Waals surface area contributed by atoms with Gasteiger partial charge in [0.1, 0.15) is 6.10 Å². The minimum absolute atomic E-state index is 0.0652. The fraction of sp³-hybridized carbons (Fsp3) is 0.438. The SMILES string of the molecule is COc1cc(C2CC3OC2C(CO)=CC3=O)cc(OC)c1O. The molecule has 2 N–H and O–H groups in total. The molecular weight excluding hydrogens is 288 g/mol. The van der Waals surface area contributed by atoms with E-state index in [0.717, 1.165) is 5.56 Å². The monoisotopic (exact) mass is 306 g/mol. The van der Waals surface area contributed by atoms with Crippen LogP contribution in [-0.4, -0.2) is 49.0 Å². The summed E-state index contributed by atoms with van der Waals surface area (Å²) in [6.45, 7) is -0.216. The van der Waals surface area contributed by atoms with Gasteiger partial charge in [-0.2, -0.15) is 0 Å². The maximum atomic E-state index is 11.9. The van der Waals surface area contributed by atoms with Crippen LogP contribution in [0.15, 0.2) is 23.8 Å². The lowest BCUT2D eigenvalue weighted by atomic mass is 9.88. The van der Waals surface area contributed by atoms with E-state index in [1.54, 1.807) is 12.1 Å². The van der Waals surface area contributed by atoms with Gasteiger partial charge in [0.25, 0.3) is 0 Å². The normalized spacial score (nSPS) is 26.8. The predicted octanol–water partition coefficient (Wildman–Crippen LogP) is 1.15. The van der Waals surface area contributed by atoms with Crippen LogP contribution in [0.1, 0.15) is 17.9 Å². The van der Waals surface area contributed by atoms with E-state index in [1.165, 1.54) is 20.3 Å². The number of ketones is 1. The molecule has 1 saturated heterocycles. The van der Waals surface area contributed by atoms with Crippen LogP contribution in [0.3, 0.4) is 0 Å². The van der Waals surface area contributed by atoms with Crippen molar-refractivity contribution in [2.75, 3.05) is 20.8 Å². The van der Waals surface area contributed by atoms with Crippen LogP contribution < -0.4 is 9.47 Å². The third-order valence-electron chi connectivity index (χ3n) is 4.27. The molecule has 0 amide bonds. The lowest BCUT2D eigenvalue weighted by molar-refractivity contribution is -0.126. The minimum atomic E-state index is -0.476. The van der Waals surface area contributed by atoms with Crippen LogP contribution >= 0.6 is 0 Å². The first kappa shape index (κ1) is 14.9. The number of fused-ring (bicyclic) bond motifs is 2. The van der Waals surface area contributed by atoms with Crippen LogP contribution in [-0.2, 0) is 9.53 Å². The van der Waals surface area contributed by atoms with Gasteiger partial charge in [0.15, 0.2) is 17.3 Å². The molecule has 0 aliphatic carbocycles. The van der Waals surface area contributed by atoms with Gasteiger partial charge in [-0.3, -0.25) is 4.79 Å². The Morgan fingerprint density at radius 3 is 2.45 bits per heavy atom. The van der Waals surface area contributed by atoms with Crippen molar-refractivity contribution < 1.29 is 29.2 Å². The summed E-state index contributed by atoms with van der Waals surface area (Å²) in [5.74, 6) is 0.330. The van der Waals surface area contributed by atoms with E-state index in [9.17, 15) is 15.0 Å². The molecule has 0 aromatic heterocycles. The van der Waals surface area contributed by atoms with Crippen molar-refractivity contribution in [1.82, 2.24) is 0 Å². The average molecular weight is 306 g/mol. The number of aliphatic hydroxyl groups is 1. The van der Waals surface area contributed by atoms with Crippen LogP contribution in [0.25, 0.3) is 0 Å². The highest BCUT2D eigenvalue weighted by molar-refractivity contribution is 5.96. The van der Waals surface area contributed by atoms with Crippen LogP contribution in [0.2, 0.25) is 0 Å². The smallest absolute Gasteiger partial charge is 0.200 e. The fourth-order valence-electron chi connectivity index (χ4n) is 3.14. The molecule has 118 valence electrons. The highest BCUT2D eigenvalue weighted by atomic mass is 16.5. The number of aromatic hydroxyl groups is 1. The Labute approximate surface area is 127 Å². The van der Waals surface area contributed by atoms with E-state index in [2.05, 4.69) is 0 Å². The molecular formula is C16H18O6. The molecule has 2 heterocycles. The van der Waals surface area contributed by atoms with Crippen molar-refractivity contribution in [2.45, 2.75) is 24.5 Å². The van der Waals surface area contributed by atoms with E-state index in [0.29, 0.717) is 23.5 Å². The van der Waals surface area contributed by atoms with Gasteiger partial charge in [-0.25, -0.2) is 0 Å². The maximum absolute atomic E-state index is 11.9. The molecule has 3 unspecified atom stereocenters. The Balaban J connectivity index is 2.02. The van der Waals surface area contributed by atoms with Gasteiger partial charge in [0.05, 0.1) is 26.9 Å². The summed E-state index contributed by atoms with van der Waals surface area (Å²) in [5.41, 5.74) is 1.42. The number of carbonyl (C=O) groups is 1. The van der Waals surface area contributed by atoms with Crippen molar-refractivity contribution in [3.63, 3.8) is 0 Å². The second kappa shape index (κ2) is 5.62. The van der Waals surface area contributed by atoms with Gasteiger partial charge < -0.3 is 24.4 Å². The molecule has 2 aliphatic rings. The molecule has 6 heteroatoms. The molecule has 0 saturated carbocycles. The number of hydrogen-bond donors (Lipinski definition) is 2. The average Bonchev–Trinajstić information content (AvgIpc) is 2.92. The Morgan fingerprint density at radius 1 is 1.27 bits per heavy atom. The minimum Gasteiger partial charge on any atom is -0.502 e. The quantitative estimate of drug-likeness (QED) is 0.868. The number of ether oxygens (including phenoxy) is 3. The van der Waals surface area contributed by atoms with Crippen LogP contribution in [0, 0.1) is 0 Å². The zero-order valence-corrected chi connectivity index (χ0v) is 12.4. The molecule has 2 bridgehead atoms. The summed E-state index contributed by atoms with van der Waals surface area (Å²) in [4.78, 5) is 11.9. The fourth-order valence-corrected chi connectivity index (χ4v) is 3.14. The summed E-state index contributed by atoms with van der Waals surface area (Å²) >= 11 is 0. The number of aliphatic hydroxyl groups excluding tert-OH is 1. The summed E-state index contributed by atoms with van der Waals surface area (Å²) in [7, 11) is 2.93. The summed E-state index contributed by atoms with van der Waals surface area (Å²) < 4.78 is 16.1. The highest BCUT2D eigenvalue weighted by Crippen LogP contribution is 2.46. The largest absolute Gasteiger partial charge is 0.502 e. The van der Waals surface area contributed by atoms with E-state index in [4.69, 9.17) is 14.2 Å². The van der Waals surface area contributed by atoms with Crippen molar-refractivity contribution in [3.8, 4) is 17.2 Å². The number of methoxy groups -OCH3 is 2. The molecule has 2 aliphatic heterocycles. The zero-order valence-electron chi connectivity index (χ0n) is 12.4. The first-order valence-electron chi connectivity index (χ1n) is 7.04. The van der Waals surface area contributed by atoms with Crippen molar-refractivity contribution in [2.24, 2.45) is 0 Å². The van der Waals surface area contributed by atoms with Crippen molar-refractivity contribution in [1.29, 1.82) is 0 Å². The van der Waals surface area contributed by atoms with Gasteiger partial charge >= 0.3 is 0 Å². The molecule has 1 fully saturated rings. The Morgan fingerprint density at radius 2 is 1.91 bits per heavy atom. The third-order valence-corrected chi connectivity index (χ3v) is 4.27. The number of hydrogen-bond acceptors (Lipinski definition) is 6. The zero-order chi connectivity index (χ0) is 15.9. The Kier molecular flexibility index (Phi) is 3.80. The standard InChI is InChI=1S/C16H18O6/c1-20-13-4-8(5-14(21-2)15(13)19)10-6-12-11(18)3-9(7-17)16(10)22-12/h3-5,10,12,16-17,19H,6-7H2,1-2H3. The van der Waals surface area contributed by atoms with Gasteiger partial charge in [0, 0.05) is 5.92 Å². The highest BCUT2D eigenvalue weighted by Gasteiger charge is 2.44. The van der Waals surface area contributed by atoms with E-state index in [-0.39, 0.29) is 30.2 Å². The predicted molar refractivity (Wildman–Crippen MR) is 77.4 cm³/mol. The Hall–Kier alpha value is -2.05. The topological polar surface area (TPSA) is 85.2 Å². The number of rotatable bonds is 4. The van der Waals surface area contributed by atoms with Crippen molar-refractivity contribution >= 4 is 5.78 Å². The van der Waals surface area contributed by atoms with Crippen molar-refractivity contribution in [3.05, 3.63) is 29.3 Å². The number of carbonyl (C=O) groups excluding carboxylic acids is 1. The Bertz CT molecular complexity index is 611. The van der Waals surface area contributed by atoms with Gasteiger partial charge in [-0.15, -0.1) is 0 Å². The molecule has 3 atom stereocenters. The molecule has 3 rings (SSSR count). The third kappa shape index (κ3) is 2.24. The molecule has 1 aromatic carbocycles. The molecule has 6 nitrogen and oxygen atoms in total. The molecule has 22 heavy (non-hydrogen) atoms. The summed E-state index contributed by atoms with van der Waals surface area (Å²) in [5, 5.41) is 19.4. The lowest BCUT2D eigenvalue weighted by Crippen LogP contribution is -2.28. The summed E-state index contributed by atoms with van der Waals surface area (Å²) in [6, 6.07) is 3.43. The summed E-state index contributed by atoms with van der Waals surface area (Å²) in [6.07, 6.45) is 1.19. The van der Waals surface area contributed by atoms with Gasteiger partial charge in [-0.05, 0) is 35.8 Å². The number of benzene rings is 1. The van der Waals surface area contributed by atoms with Crippen LogP contribution in [0.5, 0.6) is 17.2 Å². The van der Waals surface area contributed by atoms with E-state index >= 15 is 0 Å². The van der Waals surface area contributed by atoms with E-state index < -0.39 is 6.10 Å². The van der Waals surface area contributed by atoms with Gasteiger partial charge in [-0.1, -0.05) is 0 Å². The van der Waals surface area contributed by atoms with E-state index in [1.807, 2.05) is 0 Å². The molecule has 0 radical (unpaired) electrons. The number of phenolic OH excluding ortho intramolecular Hbond substituents is 1. The van der Waals surface area contributed by atoms with Gasteiger partial charge in [0.2, 0.25) is 5.75 Å². The number of phenols is 1. The van der Waals surface area contributed by atoms with Crippen LogP contribution in [0.4, 0.5) is 0 Å². The second-order valence-corrected chi connectivity index (χ2v) is 5.44.